The molecule has 0 spiro atoms. The number of carbonyl (C=O) groups excluding carboxylic acids is 3. The fourth-order valence-electron chi connectivity index (χ4n) is 4.47. The second kappa shape index (κ2) is 11.9. The number of rotatable bonds is 9. The van der Waals surface area contributed by atoms with E-state index in [1.165, 1.54) is 4.90 Å². The Labute approximate surface area is 220 Å². The summed E-state index contributed by atoms with van der Waals surface area (Å²) < 4.78 is 5.33. The first-order chi connectivity index (χ1) is 17.3. The quantitative estimate of drug-likeness (QED) is 0.377. The monoisotopic (exact) mass is 529 g/mol. The lowest BCUT2D eigenvalue weighted by molar-refractivity contribution is -0.136. The molecule has 11 heteroatoms. The van der Waals surface area contributed by atoms with Gasteiger partial charge in [-0.3, -0.25) is 24.3 Å². The van der Waals surface area contributed by atoms with Crippen LogP contribution in [0.2, 0.25) is 0 Å². The molecule has 4 rings (SSSR count). The summed E-state index contributed by atoms with van der Waals surface area (Å²) in [6.07, 6.45) is 3.17. The van der Waals surface area contributed by atoms with Gasteiger partial charge >= 0.3 is 0 Å². The summed E-state index contributed by atoms with van der Waals surface area (Å²) in [6, 6.07) is 6.91. The van der Waals surface area contributed by atoms with Gasteiger partial charge in [-0.2, -0.15) is 11.8 Å². The molecule has 2 aromatic rings. The lowest BCUT2D eigenvalue weighted by Crippen LogP contribution is -2.42. The number of likely N-dealkylation sites (tertiary alicyclic amines) is 1. The third kappa shape index (κ3) is 6.25. The predicted molar refractivity (Wildman–Crippen MR) is 142 cm³/mol. The van der Waals surface area contributed by atoms with Gasteiger partial charge in [-0.25, -0.2) is 0 Å². The molecule has 36 heavy (non-hydrogen) atoms. The Morgan fingerprint density at radius 1 is 1.28 bits per heavy atom. The molecule has 3 amide bonds. The van der Waals surface area contributed by atoms with Crippen LogP contribution in [0.4, 0.5) is 0 Å². The SMILES string of the molecule is Cc1ccc(C(=O)NCCSCc2ccco2)c(C2CCN(C(=O)CC3NC(=S)N(C)C3=O)CC2)n1. The average molecular weight is 530 g/mol. The number of thioether (sulfide) groups is 1. The standard InChI is InChI=1S/C25H31N5O4S2/c1-16-5-6-19(23(32)26-9-13-36-15-18-4-3-12-34-18)22(27-16)17-7-10-30(11-8-17)21(31)14-20-24(33)29(2)25(35)28-20/h3-6,12,17,20H,7-11,13-15H2,1-2H3,(H,26,32)(H,28,35). The summed E-state index contributed by atoms with van der Waals surface area (Å²) in [7, 11) is 1.61. The van der Waals surface area contributed by atoms with Crippen LogP contribution < -0.4 is 10.6 Å². The van der Waals surface area contributed by atoms with Gasteiger partial charge in [0.2, 0.25) is 5.91 Å². The number of aromatic nitrogens is 1. The van der Waals surface area contributed by atoms with Crippen LogP contribution in [0.1, 0.15) is 52.7 Å². The molecule has 0 aromatic carbocycles. The van der Waals surface area contributed by atoms with Crippen molar-refractivity contribution in [3.8, 4) is 0 Å². The number of aryl methyl sites for hydroxylation is 1. The van der Waals surface area contributed by atoms with E-state index in [1.54, 1.807) is 30.0 Å². The smallest absolute Gasteiger partial charge is 0.253 e. The molecule has 4 heterocycles. The van der Waals surface area contributed by atoms with E-state index in [0.717, 1.165) is 28.7 Å². The number of furan rings is 1. The summed E-state index contributed by atoms with van der Waals surface area (Å²) in [4.78, 5) is 45.9. The van der Waals surface area contributed by atoms with Crippen molar-refractivity contribution in [2.75, 3.05) is 32.4 Å². The summed E-state index contributed by atoms with van der Waals surface area (Å²) in [5, 5.41) is 6.27. The zero-order valence-electron chi connectivity index (χ0n) is 20.5. The maximum atomic E-state index is 13.0. The third-order valence-corrected chi connectivity index (χ3v) is 7.88. The van der Waals surface area contributed by atoms with Crippen LogP contribution in [0.25, 0.3) is 0 Å². The molecule has 2 aliphatic rings. The number of nitrogens with zero attached hydrogens (tertiary/aromatic N) is 3. The Balaban J connectivity index is 1.29. The van der Waals surface area contributed by atoms with E-state index in [1.807, 2.05) is 31.2 Å². The second-order valence-corrected chi connectivity index (χ2v) is 10.5. The molecule has 2 fully saturated rings. The van der Waals surface area contributed by atoms with Crippen molar-refractivity contribution in [2.24, 2.45) is 0 Å². The lowest BCUT2D eigenvalue weighted by Gasteiger charge is -2.33. The van der Waals surface area contributed by atoms with Crippen molar-refractivity contribution in [3.63, 3.8) is 0 Å². The third-order valence-electron chi connectivity index (χ3n) is 6.51. The highest BCUT2D eigenvalue weighted by molar-refractivity contribution is 7.98. The number of nitrogens with one attached hydrogen (secondary N) is 2. The summed E-state index contributed by atoms with van der Waals surface area (Å²) in [5.41, 5.74) is 2.25. The second-order valence-electron chi connectivity index (χ2n) is 9.03. The van der Waals surface area contributed by atoms with Gasteiger partial charge in [0.1, 0.15) is 11.8 Å². The van der Waals surface area contributed by atoms with Gasteiger partial charge in [0.15, 0.2) is 5.11 Å². The van der Waals surface area contributed by atoms with E-state index >= 15 is 0 Å². The molecular weight excluding hydrogens is 498 g/mol. The molecule has 2 N–H and O–H groups in total. The highest BCUT2D eigenvalue weighted by Gasteiger charge is 2.36. The normalized spacial score (nSPS) is 18.4. The average Bonchev–Trinajstić information content (AvgIpc) is 3.48. The van der Waals surface area contributed by atoms with Crippen LogP contribution in [0, 0.1) is 6.92 Å². The fraction of sp³-hybridized carbons (Fsp3) is 0.480. The highest BCUT2D eigenvalue weighted by Crippen LogP contribution is 2.30. The molecule has 0 saturated carbocycles. The molecule has 2 aliphatic heterocycles. The van der Waals surface area contributed by atoms with Gasteiger partial charge in [-0.15, -0.1) is 0 Å². The first-order valence-corrected chi connectivity index (χ1v) is 13.6. The molecule has 192 valence electrons. The minimum absolute atomic E-state index is 0.0698. The topological polar surface area (TPSA) is 108 Å². The maximum absolute atomic E-state index is 13.0. The Kier molecular flexibility index (Phi) is 8.63. The number of thiocarbonyl (C=S) groups is 1. The van der Waals surface area contributed by atoms with Crippen molar-refractivity contribution in [2.45, 2.75) is 43.9 Å². The van der Waals surface area contributed by atoms with Crippen molar-refractivity contribution >= 4 is 46.8 Å². The predicted octanol–water partition coefficient (Wildman–Crippen LogP) is 2.46. The van der Waals surface area contributed by atoms with Crippen LogP contribution in [-0.4, -0.2) is 76.1 Å². The van der Waals surface area contributed by atoms with E-state index in [2.05, 4.69) is 10.6 Å². The number of hydrogen-bond acceptors (Lipinski definition) is 7. The first kappa shape index (κ1) is 26.2. The maximum Gasteiger partial charge on any atom is 0.253 e. The zero-order valence-corrected chi connectivity index (χ0v) is 22.1. The van der Waals surface area contributed by atoms with Gasteiger partial charge in [-0.1, -0.05) is 0 Å². The van der Waals surface area contributed by atoms with Crippen LogP contribution in [-0.2, 0) is 15.3 Å². The molecule has 9 nitrogen and oxygen atoms in total. The Hall–Kier alpha value is -2.92. The van der Waals surface area contributed by atoms with Gasteiger partial charge < -0.3 is 20.0 Å². The number of pyridine rings is 1. The van der Waals surface area contributed by atoms with Crippen molar-refractivity contribution in [1.29, 1.82) is 0 Å². The Bertz CT molecular complexity index is 1120. The van der Waals surface area contributed by atoms with Gasteiger partial charge in [0.05, 0.1) is 29.7 Å². The minimum atomic E-state index is -0.598. The Morgan fingerprint density at radius 3 is 2.72 bits per heavy atom. The largest absolute Gasteiger partial charge is 0.468 e. The fourth-order valence-corrected chi connectivity index (χ4v) is 5.45. The highest BCUT2D eigenvalue weighted by atomic mass is 32.2. The van der Waals surface area contributed by atoms with Gasteiger partial charge in [0.25, 0.3) is 11.8 Å². The lowest BCUT2D eigenvalue weighted by atomic mass is 9.89. The van der Waals surface area contributed by atoms with Crippen molar-refractivity contribution in [1.82, 2.24) is 25.4 Å². The molecule has 1 unspecified atom stereocenters. The number of carbonyl (C=O) groups is 3. The molecule has 2 aromatic heterocycles. The van der Waals surface area contributed by atoms with Crippen LogP contribution >= 0.6 is 24.0 Å². The molecule has 0 bridgehead atoms. The summed E-state index contributed by atoms with van der Waals surface area (Å²) in [5.74, 6) is 2.19. The summed E-state index contributed by atoms with van der Waals surface area (Å²) >= 11 is 6.80. The number of hydrogen-bond donors (Lipinski definition) is 2. The van der Waals surface area contributed by atoms with E-state index in [4.69, 9.17) is 21.6 Å². The van der Waals surface area contributed by atoms with E-state index in [-0.39, 0.29) is 30.1 Å². The number of amides is 3. The van der Waals surface area contributed by atoms with E-state index < -0.39 is 6.04 Å². The number of likely N-dealkylation sites (N-methyl/N-ethyl adjacent to an activating group) is 1. The van der Waals surface area contributed by atoms with Crippen LogP contribution in [0.5, 0.6) is 0 Å². The van der Waals surface area contributed by atoms with Crippen molar-refractivity contribution < 1.29 is 18.8 Å². The minimum Gasteiger partial charge on any atom is -0.468 e. The summed E-state index contributed by atoms with van der Waals surface area (Å²) in [6.45, 7) is 3.59. The van der Waals surface area contributed by atoms with Gasteiger partial charge in [-0.05, 0) is 56.2 Å². The molecular formula is C25H31N5O4S2. The molecule has 0 radical (unpaired) electrons. The Morgan fingerprint density at radius 2 is 2.06 bits per heavy atom. The zero-order chi connectivity index (χ0) is 25.7. The van der Waals surface area contributed by atoms with E-state index in [9.17, 15) is 14.4 Å². The first-order valence-electron chi connectivity index (χ1n) is 12.0. The van der Waals surface area contributed by atoms with Crippen LogP contribution in [0.3, 0.4) is 0 Å². The molecule has 2 saturated heterocycles. The van der Waals surface area contributed by atoms with Crippen LogP contribution in [0.15, 0.2) is 34.9 Å². The number of piperidine rings is 1. The van der Waals surface area contributed by atoms with Crippen molar-refractivity contribution in [3.05, 3.63) is 53.2 Å². The molecule has 0 aliphatic carbocycles. The van der Waals surface area contributed by atoms with E-state index in [0.29, 0.717) is 43.2 Å². The van der Waals surface area contributed by atoms with Gasteiger partial charge in [0, 0.05) is 44.0 Å². The molecule has 1 atom stereocenters.